The second-order valence-electron chi connectivity index (χ2n) is 5.95. The number of carboxylic acid groups (broad SMARTS) is 1. The lowest BCUT2D eigenvalue weighted by molar-refractivity contribution is -0.140. The van der Waals surface area contributed by atoms with Crippen molar-refractivity contribution in [2.45, 2.75) is 32.1 Å². The molecule has 1 aromatic rings. The van der Waals surface area contributed by atoms with Gasteiger partial charge in [-0.15, -0.1) is 0 Å². The molecular formula is C16H23NO2. The van der Waals surface area contributed by atoms with Gasteiger partial charge in [0.1, 0.15) is 0 Å². The Kier molecular flexibility index (Phi) is 4.25. The maximum atomic E-state index is 11.6. The fraction of sp³-hybridized carbons (Fsp3) is 0.562. The van der Waals surface area contributed by atoms with E-state index in [0.717, 1.165) is 25.1 Å². The van der Waals surface area contributed by atoms with Gasteiger partial charge in [0, 0.05) is 6.54 Å². The number of benzene rings is 1. The number of aliphatic carboxylic acids is 1. The average Bonchev–Trinajstić information content (AvgIpc) is 2.76. The van der Waals surface area contributed by atoms with Crippen LogP contribution < -0.4 is 0 Å². The van der Waals surface area contributed by atoms with E-state index in [0.29, 0.717) is 5.92 Å². The van der Waals surface area contributed by atoms with Crippen molar-refractivity contribution in [1.82, 2.24) is 4.90 Å². The van der Waals surface area contributed by atoms with E-state index in [9.17, 15) is 9.90 Å². The number of nitrogens with zero attached hydrogens (tertiary/aromatic N) is 1. The van der Waals surface area contributed by atoms with Crippen molar-refractivity contribution in [3.05, 3.63) is 35.4 Å². The van der Waals surface area contributed by atoms with Gasteiger partial charge in [0.15, 0.2) is 0 Å². The Bertz CT molecular complexity index is 439. The summed E-state index contributed by atoms with van der Waals surface area (Å²) in [6.07, 6.45) is 0.972. The zero-order chi connectivity index (χ0) is 14.0. The Balaban J connectivity index is 2.22. The van der Waals surface area contributed by atoms with Gasteiger partial charge >= 0.3 is 5.97 Å². The number of hydrogen-bond donors (Lipinski definition) is 1. The highest BCUT2D eigenvalue weighted by Crippen LogP contribution is 2.32. The van der Waals surface area contributed by atoms with Crippen LogP contribution in [-0.4, -0.2) is 36.1 Å². The number of likely N-dealkylation sites (tertiary alicyclic amines) is 1. The van der Waals surface area contributed by atoms with Crippen LogP contribution in [-0.2, 0) is 4.79 Å². The average molecular weight is 261 g/mol. The van der Waals surface area contributed by atoms with Crippen LogP contribution in [0.25, 0.3) is 0 Å². The molecule has 1 heterocycles. The molecule has 0 aromatic heterocycles. The van der Waals surface area contributed by atoms with E-state index < -0.39 is 5.97 Å². The molecule has 2 rings (SSSR count). The van der Waals surface area contributed by atoms with Crippen LogP contribution in [0, 0.1) is 5.92 Å². The van der Waals surface area contributed by atoms with Crippen LogP contribution in [0.15, 0.2) is 24.3 Å². The molecule has 2 atom stereocenters. The molecule has 0 amide bonds. The van der Waals surface area contributed by atoms with Crippen molar-refractivity contribution < 1.29 is 9.90 Å². The summed E-state index contributed by atoms with van der Waals surface area (Å²) in [6, 6.07) is 8.11. The van der Waals surface area contributed by atoms with E-state index in [1.165, 1.54) is 5.56 Å². The molecule has 1 aliphatic heterocycles. The Morgan fingerprint density at radius 1 is 1.26 bits per heavy atom. The molecule has 1 saturated heterocycles. The molecule has 2 unspecified atom stereocenters. The Labute approximate surface area is 115 Å². The number of rotatable bonds is 4. The molecule has 1 aromatic carbocycles. The van der Waals surface area contributed by atoms with Gasteiger partial charge in [-0.05, 0) is 43.0 Å². The molecule has 0 radical (unpaired) electrons. The summed E-state index contributed by atoms with van der Waals surface area (Å²) < 4.78 is 0. The van der Waals surface area contributed by atoms with Crippen LogP contribution in [0.2, 0.25) is 0 Å². The molecule has 0 aliphatic carbocycles. The second-order valence-corrected chi connectivity index (χ2v) is 5.95. The summed E-state index contributed by atoms with van der Waals surface area (Å²) in [4.78, 5) is 13.8. The highest BCUT2D eigenvalue weighted by Gasteiger charge is 2.33. The summed E-state index contributed by atoms with van der Waals surface area (Å²) >= 11 is 0. The molecule has 1 N–H and O–H groups in total. The molecule has 0 spiro atoms. The zero-order valence-corrected chi connectivity index (χ0v) is 12.0. The van der Waals surface area contributed by atoms with Crippen LogP contribution in [0.3, 0.4) is 0 Å². The summed E-state index contributed by atoms with van der Waals surface area (Å²) in [6.45, 7) is 6.17. The summed E-state index contributed by atoms with van der Waals surface area (Å²) in [5.41, 5.74) is 2.20. The van der Waals surface area contributed by atoms with Gasteiger partial charge in [-0.1, -0.05) is 38.1 Å². The van der Waals surface area contributed by atoms with E-state index in [4.69, 9.17) is 0 Å². The maximum absolute atomic E-state index is 11.6. The molecule has 3 nitrogen and oxygen atoms in total. The first-order chi connectivity index (χ1) is 8.99. The first-order valence-corrected chi connectivity index (χ1v) is 7.00. The summed E-state index contributed by atoms with van der Waals surface area (Å²) in [5, 5.41) is 9.53. The van der Waals surface area contributed by atoms with E-state index in [1.54, 1.807) is 0 Å². The fourth-order valence-corrected chi connectivity index (χ4v) is 2.95. The Morgan fingerprint density at radius 3 is 2.26 bits per heavy atom. The molecule has 0 saturated carbocycles. The summed E-state index contributed by atoms with van der Waals surface area (Å²) in [7, 11) is 2.06. The van der Waals surface area contributed by atoms with Crippen molar-refractivity contribution in [2.75, 3.05) is 20.1 Å². The van der Waals surface area contributed by atoms with E-state index in [2.05, 4.69) is 37.9 Å². The minimum absolute atomic E-state index is 0.229. The zero-order valence-electron chi connectivity index (χ0n) is 12.0. The van der Waals surface area contributed by atoms with E-state index in [-0.39, 0.29) is 11.8 Å². The van der Waals surface area contributed by atoms with Gasteiger partial charge in [0.2, 0.25) is 0 Å². The van der Waals surface area contributed by atoms with Crippen molar-refractivity contribution in [3.63, 3.8) is 0 Å². The van der Waals surface area contributed by atoms with Crippen LogP contribution in [0.5, 0.6) is 0 Å². The van der Waals surface area contributed by atoms with Crippen LogP contribution >= 0.6 is 0 Å². The SMILES string of the molecule is CC(C)c1ccc(C(C(=O)O)C2CCN(C)C2)cc1. The predicted octanol–water partition coefficient (Wildman–Crippen LogP) is 2.93. The van der Waals surface area contributed by atoms with E-state index >= 15 is 0 Å². The lowest BCUT2D eigenvalue weighted by Gasteiger charge is -2.20. The third-order valence-corrected chi connectivity index (χ3v) is 4.13. The van der Waals surface area contributed by atoms with Crippen molar-refractivity contribution in [3.8, 4) is 0 Å². The van der Waals surface area contributed by atoms with Crippen molar-refractivity contribution in [1.29, 1.82) is 0 Å². The maximum Gasteiger partial charge on any atom is 0.311 e. The molecule has 19 heavy (non-hydrogen) atoms. The minimum atomic E-state index is -0.697. The monoisotopic (exact) mass is 261 g/mol. The largest absolute Gasteiger partial charge is 0.481 e. The van der Waals surface area contributed by atoms with Gasteiger partial charge < -0.3 is 10.0 Å². The number of hydrogen-bond acceptors (Lipinski definition) is 2. The normalized spacial score (nSPS) is 21.8. The van der Waals surface area contributed by atoms with Crippen LogP contribution in [0.1, 0.15) is 43.2 Å². The lowest BCUT2D eigenvalue weighted by atomic mass is 9.84. The minimum Gasteiger partial charge on any atom is -0.481 e. The predicted molar refractivity (Wildman–Crippen MR) is 76.5 cm³/mol. The van der Waals surface area contributed by atoms with Gasteiger partial charge in [0.25, 0.3) is 0 Å². The van der Waals surface area contributed by atoms with Gasteiger partial charge in [-0.2, -0.15) is 0 Å². The quantitative estimate of drug-likeness (QED) is 0.906. The van der Waals surface area contributed by atoms with E-state index in [1.807, 2.05) is 12.1 Å². The first-order valence-electron chi connectivity index (χ1n) is 7.00. The summed E-state index contributed by atoms with van der Waals surface area (Å²) in [5.74, 6) is -0.355. The highest BCUT2D eigenvalue weighted by atomic mass is 16.4. The third-order valence-electron chi connectivity index (χ3n) is 4.13. The molecule has 104 valence electrons. The molecule has 0 bridgehead atoms. The van der Waals surface area contributed by atoms with Gasteiger partial charge in [-0.3, -0.25) is 4.79 Å². The molecule has 1 fully saturated rings. The topological polar surface area (TPSA) is 40.5 Å². The number of carboxylic acids is 1. The van der Waals surface area contributed by atoms with Gasteiger partial charge in [0.05, 0.1) is 5.92 Å². The Morgan fingerprint density at radius 2 is 1.84 bits per heavy atom. The van der Waals surface area contributed by atoms with Gasteiger partial charge in [-0.25, -0.2) is 0 Å². The first kappa shape index (κ1) is 14.1. The number of carbonyl (C=O) groups is 1. The molecule has 1 aliphatic rings. The van der Waals surface area contributed by atoms with Crippen molar-refractivity contribution >= 4 is 5.97 Å². The smallest absolute Gasteiger partial charge is 0.311 e. The molecule has 3 heteroatoms. The molecular weight excluding hydrogens is 238 g/mol. The van der Waals surface area contributed by atoms with Crippen LogP contribution in [0.4, 0.5) is 0 Å². The second kappa shape index (κ2) is 5.74. The lowest BCUT2D eigenvalue weighted by Crippen LogP contribution is -2.24. The third kappa shape index (κ3) is 3.16. The highest BCUT2D eigenvalue weighted by molar-refractivity contribution is 5.76. The van der Waals surface area contributed by atoms with Crippen molar-refractivity contribution in [2.24, 2.45) is 5.92 Å². The Hall–Kier alpha value is -1.35. The standard InChI is InChI=1S/C16H23NO2/c1-11(2)12-4-6-13(7-5-12)15(16(18)19)14-8-9-17(3)10-14/h4-7,11,14-15H,8-10H2,1-3H3,(H,18,19). The fourth-order valence-electron chi connectivity index (χ4n) is 2.95.